The maximum absolute atomic E-state index is 9.63. The molecule has 0 amide bonds. The second kappa shape index (κ2) is 5.15. The van der Waals surface area contributed by atoms with Crippen LogP contribution in [-0.2, 0) is 0 Å². The summed E-state index contributed by atoms with van der Waals surface area (Å²) in [5.41, 5.74) is 2.22. The standard InChI is InChI=1S/C20H29N/c1-2-20-12-11-17-16-6-4-3-5-14(16)7-9-18(17)19(20)10-8-15(20)13-21/h5,15-19H,2-4,6-12H2,1H3/t15-,16+,17-,18-,19+,20-/m1/s1. The highest BCUT2D eigenvalue weighted by Gasteiger charge is 2.57. The smallest absolute Gasteiger partial charge is 0.0661 e. The minimum atomic E-state index is 0.358. The predicted molar refractivity (Wildman–Crippen MR) is 85.4 cm³/mol. The molecular weight excluding hydrogens is 254 g/mol. The monoisotopic (exact) mass is 283 g/mol. The highest BCUT2D eigenvalue weighted by Crippen LogP contribution is 2.64. The molecule has 4 aliphatic rings. The first kappa shape index (κ1) is 13.9. The molecule has 0 saturated heterocycles. The molecule has 0 heterocycles. The third kappa shape index (κ3) is 1.87. The van der Waals surface area contributed by atoms with Crippen LogP contribution in [0.4, 0.5) is 0 Å². The average Bonchev–Trinajstić information content (AvgIpc) is 2.93. The Balaban J connectivity index is 1.64. The maximum atomic E-state index is 9.63. The second-order valence-electron chi connectivity index (χ2n) is 8.17. The van der Waals surface area contributed by atoms with Gasteiger partial charge in [-0.3, -0.25) is 0 Å². The molecule has 114 valence electrons. The number of fused-ring (bicyclic) bond motifs is 5. The lowest BCUT2D eigenvalue weighted by atomic mass is 9.50. The molecule has 0 aromatic carbocycles. The van der Waals surface area contributed by atoms with Gasteiger partial charge in [0.1, 0.15) is 0 Å². The highest BCUT2D eigenvalue weighted by molar-refractivity contribution is 5.19. The number of allylic oxidation sites excluding steroid dienone is 2. The predicted octanol–water partition coefficient (Wildman–Crippen LogP) is 5.48. The van der Waals surface area contributed by atoms with Crippen molar-refractivity contribution >= 4 is 0 Å². The Hall–Kier alpha value is -0.770. The first-order valence-corrected chi connectivity index (χ1v) is 9.38. The lowest BCUT2D eigenvalue weighted by molar-refractivity contribution is -0.0260. The SMILES string of the molecule is CC[C@]12CC[C@H]3[C@@H](CCC4=CCCC[C@@H]43)[C@@H]1CC[C@@H]2C#N. The normalized spacial score (nSPS) is 48.6. The van der Waals surface area contributed by atoms with E-state index in [2.05, 4.69) is 19.1 Å². The topological polar surface area (TPSA) is 23.8 Å². The Morgan fingerprint density at radius 3 is 2.90 bits per heavy atom. The minimum Gasteiger partial charge on any atom is -0.198 e. The van der Waals surface area contributed by atoms with Crippen molar-refractivity contribution in [3.8, 4) is 6.07 Å². The van der Waals surface area contributed by atoms with E-state index in [1.165, 1.54) is 64.2 Å². The van der Waals surface area contributed by atoms with Crippen molar-refractivity contribution in [1.29, 1.82) is 5.26 Å². The van der Waals surface area contributed by atoms with Gasteiger partial charge in [-0.05, 0) is 93.3 Å². The molecule has 21 heavy (non-hydrogen) atoms. The van der Waals surface area contributed by atoms with Crippen LogP contribution in [0.3, 0.4) is 0 Å². The first-order chi connectivity index (χ1) is 10.3. The van der Waals surface area contributed by atoms with E-state index in [9.17, 15) is 5.26 Å². The molecule has 1 heteroatoms. The van der Waals surface area contributed by atoms with E-state index in [1.54, 1.807) is 0 Å². The van der Waals surface area contributed by atoms with Crippen molar-refractivity contribution in [1.82, 2.24) is 0 Å². The van der Waals surface area contributed by atoms with Gasteiger partial charge in [0.2, 0.25) is 0 Å². The second-order valence-corrected chi connectivity index (χ2v) is 8.17. The highest BCUT2D eigenvalue weighted by atomic mass is 14.6. The first-order valence-electron chi connectivity index (χ1n) is 9.38. The molecule has 0 unspecified atom stereocenters. The van der Waals surface area contributed by atoms with Gasteiger partial charge in [-0.15, -0.1) is 0 Å². The molecule has 0 bridgehead atoms. The van der Waals surface area contributed by atoms with Gasteiger partial charge in [-0.1, -0.05) is 18.6 Å². The third-order valence-corrected chi connectivity index (χ3v) is 7.91. The summed E-state index contributed by atoms with van der Waals surface area (Å²) in [5, 5.41) is 9.63. The molecular formula is C20H29N. The minimum absolute atomic E-state index is 0.358. The van der Waals surface area contributed by atoms with Crippen molar-refractivity contribution in [2.45, 2.75) is 71.1 Å². The Kier molecular flexibility index (Phi) is 3.40. The molecule has 0 radical (unpaired) electrons. The zero-order valence-electron chi connectivity index (χ0n) is 13.5. The molecule has 0 aromatic heterocycles. The van der Waals surface area contributed by atoms with E-state index in [-0.39, 0.29) is 0 Å². The number of hydrogen-bond donors (Lipinski definition) is 0. The number of rotatable bonds is 1. The van der Waals surface area contributed by atoms with Crippen LogP contribution in [0.5, 0.6) is 0 Å². The van der Waals surface area contributed by atoms with Gasteiger partial charge in [0.15, 0.2) is 0 Å². The molecule has 6 atom stereocenters. The van der Waals surface area contributed by atoms with Crippen LogP contribution in [-0.4, -0.2) is 0 Å². The van der Waals surface area contributed by atoms with E-state index < -0.39 is 0 Å². The lowest BCUT2D eigenvalue weighted by Gasteiger charge is -2.54. The van der Waals surface area contributed by atoms with Gasteiger partial charge in [0, 0.05) is 0 Å². The van der Waals surface area contributed by atoms with Gasteiger partial charge < -0.3 is 0 Å². The summed E-state index contributed by atoms with van der Waals surface area (Å²) in [4.78, 5) is 0. The fourth-order valence-corrected chi connectivity index (χ4v) is 6.99. The summed E-state index contributed by atoms with van der Waals surface area (Å²) < 4.78 is 0. The third-order valence-electron chi connectivity index (χ3n) is 7.91. The molecule has 4 aliphatic carbocycles. The van der Waals surface area contributed by atoms with Gasteiger partial charge in [0.25, 0.3) is 0 Å². The quantitative estimate of drug-likeness (QED) is 0.585. The van der Waals surface area contributed by atoms with Crippen LogP contribution >= 0.6 is 0 Å². The fraction of sp³-hybridized carbons (Fsp3) is 0.850. The summed E-state index contributed by atoms with van der Waals surface area (Å²) >= 11 is 0. The van der Waals surface area contributed by atoms with Crippen molar-refractivity contribution in [3.63, 3.8) is 0 Å². The summed E-state index contributed by atoms with van der Waals surface area (Å²) in [6.45, 7) is 2.36. The summed E-state index contributed by atoms with van der Waals surface area (Å²) in [6, 6.07) is 2.70. The van der Waals surface area contributed by atoms with Crippen molar-refractivity contribution in [3.05, 3.63) is 11.6 Å². The van der Waals surface area contributed by atoms with Crippen LogP contribution in [0.15, 0.2) is 11.6 Å². The van der Waals surface area contributed by atoms with Crippen LogP contribution in [0.2, 0.25) is 0 Å². The maximum Gasteiger partial charge on any atom is 0.0661 e. The Morgan fingerprint density at radius 1 is 1.19 bits per heavy atom. The van der Waals surface area contributed by atoms with Gasteiger partial charge in [-0.25, -0.2) is 0 Å². The molecule has 0 aliphatic heterocycles. The van der Waals surface area contributed by atoms with Gasteiger partial charge in [-0.2, -0.15) is 5.26 Å². The van der Waals surface area contributed by atoms with E-state index in [1.807, 2.05) is 5.57 Å². The van der Waals surface area contributed by atoms with Crippen LogP contribution in [0, 0.1) is 46.3 Å². The average molecular weight is 283 g/mol. The summed E-state index contributed by atoms with van der Waals surface area (Å²) in [7, 11) is 0. The van der Waals surface area contributed by atoms with Gasteiger partial charge in [0.05, 0.1) is 12.0 Å². The lowest BCUT2D eigenvalue weighted by Crippen LogP contribution is -2.47. The molecule has 3 fully saturated rings. The summed E-state index contributed by atoms with van der Waals surface area (Å²) in [5.74, 6) is 4.06. The molecule has 0 aromatic rings. The molecule has 3 saturated carbocycles. The Labute approximate surface area is 129 Å². The van der Waals surface area contributed by atoms with Crippen molar-refractivity contribution < 1.29 is 0 Å². The van der Waals surface area contributed by atoms with Crippen LogP contribution in [0.1, 0.15) is 71.1 Å². The van der Waals surface area contributed by atoms with Gasteiger partial charge >= 0.3 is 0 Å². The Bertz CT molecular complexity index is 485. The van der Waals surface area contributed by atoms with Crippen LogP contribution < -0.4 is 0 Å². The van der Waals surface area contributed by atoms with E-state index in [0.717, 1.165) is 23.7 Å². The molecule has 4 rings (SSSR count). The molecule has 0 N–H and O–H groups in total. The fourth-order valence-electron chi connectivity index (χ4n) is 6.99. The van der Waals surface area contributed by atoms with Crippen molar-refractivity contribution in [2.75, 3.05) is 0 Å². The van der Waals surface area contributed by atoms with E-state index >= 15 is 0 Å². The zero-order valence-corrected chi connectivity index (χ0v) is 13.5. The molecule has 1 nitrogen and oxygen atoms in total. The van der Waals surface area contributed by atoms with E-state index in [4.69, 9.17) is 0 Å². The number of hydrogen-bond acceptors (Lipinski definition) is 1. The molecule has 0 spiro atoms. The van der Waals surface area contributed by atoms with Crippen molar-refractivity contribution in [2.24, 2.45) is 35.0 Å². The Morgan fingerprint density at radius 2 is 2.10 bits per heavy atom. The zero-order chi connectivity index (χ0) is 14.4. The largest absolute Gasteiger partial charge is 0.198 e. The van der Waals surface area contributed by atoms with E-state index in [0.29, 0.717) is 11.3 Å². The van der Waals surface area contributed by atoms with Crippen LogP contribution in [0.25, 0.3) is 0 Å². The number of nitrogens with zero attached hydrogens (tertiary/aromatic N) is 1. The summed E-state index contributed by atoms with van der Waals surface area (Å²) in [6.07, 6.45) is 16.1. The number of nitriles is 1.